The van der Waals surface area contributed by atoms with Crippen LogP contribution in [0.5, 0.6) is 5.75 Å². The Morgan fingerprint density at radius 2 is 2.15 bits per heavy atom. The fourth-order valence-corrected chi connectivity index (χ4v) is 2.06. The molecule has 0 aliphatic heterocycles. The molecule has 2 rings (SSSR count). The molecule has 106 valence electrons. The molecule has 0 aliphatic carbocycles. The van der Waals surface area contributed by atoms with Crippen LogP contribution >= 0.6 is 0 Å². The second kappa shape index (κ2) is 6.23. The maximum atomic E-state index is 12.1. The van der Waals surface area contributed by atoms with Crippen molar-refractivity contribution in [2.75, 3.05) is 7.11 Å². The first-order chi connectivity index (χ1) is 9.65. The molecule has 0 fully saturated rings. The average molecular weight is 273 g/mol. The molecule has 1 aromatic heterocycles. The molecule has 0 saturated heterocycles. The van der Waals surface area contributed by atoms with E-state index in [4.69, 9.17) is 4.74 Å². The van der Waals surface area contributed by atoms with Crippen molar-refractivity contribution >= 4 is 5.91 Å². The number of nitrogens with zero attached hydrogens (tertiary/aromatic N) is 2. The van der Waals surface area contributed by atoms with Crippen molar-refractivity contribution < 1.29 is 9.53 Å². The lowest BCUT2D eigenvalue weighted by Gasteiger charge is -2.08. The Balaban J connectivity index is 2.04. The van der Waals surface area contributed by atoms with E-state index >= 15 is 0 Å². The zero-order valence-electron chi connectivity index (χ0n) is 12.0. The summed E-state index contributed by atoms with van der Waals surface area (Å²) in [6.07, 6.45) is 0. The number of carbonyl (C=O) groups excluding carboxylic acids is 1. The minimum absolute atomic E-state index is 0.175. The normalized spacial score (nSPS) is 10.3. The highest BCUT2D eigenvalue weighted by molar-refractivity contribution is 5.92. The number of nitrogens with one attached hydrogen (secondary N) is 1. The highest BCUT2D eigenvalue weighted by Gasteiger charge is 2.12. The van der Waals surface area contributed by atoms with Gasteiger partial charge in [0, 0.05) is 24.3 Å². The van der Waals surface area contributed by atoms with Gasteiger partial charge in [-0.15, -0.1) is 0 Å². The fraction of sp³-hybridized carbons (Fsp3) is 0.333. The SMILES string of the molecule is CCn1nc(C(=O)NCc2ccccc2OC)cc1C. The highest BCUT2D eigenvalue weighted by Crippen LogP contribution is 2.16. The molecule has 0 bridgehead atoms. The van der Waals surface area contributed by atoms with Gasteiger partial charge in [0.25, 0.3) is 5.91 Å². The van der Waals surface area contributed by atoms with Crippen molar-refractivity contribution in [2.45, 2.75) is 26.9 Å². The largest absolute Gasteiger partial charge is 0.496 e. The smallest absolute Gasteiger partial charge is 0.272 e. The van der Waals surface area contributed by atoms with Crippen molar-refractivity contribution in [1.29, 1.82) is 0 Å². The first-order valence-corrected chi connectivity index (χ1v) is 6.60. The molecule has 1 amide bonds. The number of hydrogen-bond acceptors (Lipinski definition) is 3. The van der Waals surface area contributed by atoms with Gasteiger partial charge in [0.15, 0.2) is 0 Å². The second-order valence-corrected chi connectivity index (χ2v) is 4.48. The molecule has 0 aliphatic rings. The summed E-state index contributed by atoms with van der Waals surface area (Å²) in [6.45, 7) is 5.11. The molecule has 20 heavy (non-hydrogen) atoms. The van der Waals surface area contributed by atoms with Gasteiger partial charge in [-0.25, -0.2) is 0 Å². The maximum Gasteiger partial charge on any atom is 0.272 e. The van der Waals surface area contributed by atoms with E-state index in [0.29, 0.717) is 12.2 Å². The van der Waals surface area contributed by atoms with Crippen LogP contribution in [0.15, 0.2) is 30.3 Å². The van der Waals surface area contributed by atoms with E-state index in [1.165, 1.54) is 0 Å². The molecule has 0 saturated carbocycles. The Bertz CT molecular complexity index is 605. The molecule has 5 heteroatoms. The molecule has 0 spiro atoms. The summed E-state index contributed by atoms with van der Waals surface area (Å²) >= 11 is 0. The molecule has 0 atom stereocenters. The van der Waals surface area contributed by atoms with Gasteiger partial charge in [-0.2, -0.15) is 5.10 Å². The van der Waals surface area contributed by atoms with Crippen LogP contribution in [0, 0.1) is 6.92 Å². The first-order valence-electron chi connectivity index (χ1n) is 6.60. The van der Waals surface area contributed by atoms with Crippen molar-refractivity contribution in [3.63, 3.8) is 0 Å². The van der Waals surface area contributed by atoms with Crippen LogP contribution in [0.2, 0.25) is 0 Å². The van der Waals surface area contributed by atoms with Gasteiger partial charge in [-0.3, -0.25) is 9.48 Å². The van der Waals surface area contributed by atoms with Crippen LogP contribution in [0.4, 0.5) is 0 Å². The van der Waals surface area contributed by atoms with E-state index in [0.717, 1.165) is 23.6 Å². The molecule has 0 radical (unpaired) electrons. The highest BCUT2D eigenvalue weighted by atomic mass is 16.5. The quantitative estimate of drug-likeness (QED) is 0.908. The molecule has 2 aromatic rings. The minimum Gasteiger partial charge on any atom is -0.496 e. The topological polar surface area (TPSA) is 56.2 Å². The van der Waals surface area contributed by atoms with E-state index < -0.39 is 0 Å². The van der Waals surface area contributed by atoms with Crippen LogP contribution in [0.3, 0.4) is 0 Å². The Morgan fingerprint density at radius 3 is 2.80 bits per heavy atom. The van der Waals surface area contributed by atoms with Gasteiger partial charge in [0.05, 0.1) is 7.11 Å². The lowest BCUT2D eigenvalue weighted by molar-refractivity contribution is 0.0945. The molecular weight excluding hydrogens is 254 g/mol. The van der Waals surface area contributed by atoms with Gasteiger partial charge in [0.1, 0.15) is 11.4 Å². The van der Waals surface area contributed by atoms with Gasteiger partial charge >= 0.3 is 0 Å². The van der Waals surface area contributed by atoms with Crippen LogP contribution in [0.25, 0.3) is 0 Å². The summed E-state index contributed by atoms with van der Waals surface area (Å²) in [4.78, 5) is 12.1. The van der Waals surface area contributed by atoms with Crippen molar-refractivity contribution in [1.82, 2.24) is 15.1 Å². The number of benzene rings is 1. The number of aromatic nitrogens is 2. The molecule has 5 nitrogen and oxygen atoms in total. The Kier molecular flexibility index (Phi) is 4.40. The average Bonchev–Trinajstić information content (AvgIpc) is 2.86. The number of carbonyl (C=O) groups is 1. The monoisotopic (exact) mass is 273 g/mol. The third kappa shape index (κ3) is 2.99. The molecule has 1 heterocycles. The van der Waals surface area contributed by atoms with Crippen LogP contribution in [-0.2, 0) is 13.1 Å². The Morgan fingerprint density at radius 1 is 1.40 bits per heavy atom. The second-order valence-electron chi connectivity index (χ2n) is 4.48. The predicted molar refractivity (Wildman–Crippen MR) is 76.8 cm³/mol. The molecular formula is C15H19N3O2. The number of ether oxygens (including phenoxy) is 1. The van der Waals surface area contributed by atoms with E-state index in [1.807, 2.05) is 38.1 Å². The molecule has 0 unspecified atom stereocenters. The summed E-state index contributed by atoms with van der Waals surface area (Å²) in [5, 5.41) is 7.12. The molecule has 1 N–H and O–H groups in total. The number of amides is 1. The Hall–Kier alpha value is -2.30. The fourth-order valence-electron chi connectivity index (χ4n) is 2.06. The summed E-state index contributed by atoms with van der Waals surface area (Å²) < 4.78 is 7.06. The summed E-state index contributed by atoms with van der Waals surface area (Å²) in [6, 6.07) is 9.41. The number of aryl methyl sites for hydroxylation is 2. The third-order valence-corrected chi connectivity index (χ3v) is 3.15. The first kappa shape index (κ1) is 14.1. The zero-order chi connectivity index (χ0) is 14.5. The summed E-state index contributed by atoms with van der Waals surface area (Å²) in [5.74, 6) is 0.592. The third-order valence-electron chi connectivity index (χ3n) is 3.15. The standard InChI is InChI=1S/C15H19N3O2/c1-4-18-11(2)9-13(17-18)15(19)16-10-12-7-5-6-8-14(12)20-3/h5-9H,4,10H2,1-3H3,(H,16,19). The zero-order valence-corrected chi connectivity index (χ0v) is 12.0. The minimum atomic E-state index is -0.175. The van der Waals surface area contributed by atoms with Gasteiger partial charge in [-0.1, -0.05) is 18.2 Å². The lowest BCUT2D eigenvalue weighted by atomic mass is 10.2. The van der Waals surface area contributed by atoms with Gasteiger partial charge < -0.3 is 10.1 Å². The number of methoxy groups -OCH3 is 1. The van der Waals surface area contributed by atoms with Crippen molar-refractivity contribution in [2.24, 2.45) is 0 Å². The van der Waals surface area contributed by atoms with Crippen molar-refractivity contribution in [3.05, 3.63) is 47.3 Å². The number of para-hydroxylation sites is 1. The van der Waals surface area contributed by atoms with Crippen LogP contribution < -0.4 is 10.1 Å². The number of rotatable bonds is 5. The van der Waals surface area contributed by atoms with E-state index in [2.05, 4.69) is 10.4 Å². The lowest BCUT2D eigenvalue weighted by Crippen LogP contribution is -2.23. The number of hydrogen-bond donors (Lipinski definition) is 1. The predicted octanol–water partition coefficient (Wildman–Crippen LogP) is 2.15. The maximum absolute atomic E-state index is 12.1. The van der Waals surface area contributed by atoms with Crippen molar-refractivity contribution in [3.8, 4) is 5.75 Å². The van der Waals surface area contributed by atoms with Crippen LogP contribution in [0.1, 0.15) is 28.7 Å². The van der Waals surface area contributed by atoms with E-state index in [-0.39, 0.29) is 5.91 Å². The van der Waals surface area contributed by atoms with Gasteiger partial charge in [0.2, 0.25) is 0 Å². The molecule has 1 aromatic carbocycles. The summed E-state index contributed by atoms with van der Waals surface area (Å²) in [5.41, 5.74) is 2.36. The Labute approximate surface area is 118 Å². The van der Waals surface area contributed by atoms with E-state index in [9.17, 15) is 4.79 Å². The van der Waals surface area contributed by atoms with Gasteiger partial charge in [-0.05, 0) is 26.0 Å². The van der Waals surface area contributed by atoms with Crippen LogP contribution in [-0.4, -0.2) is 22.8 Å². The summed E-state index contributed by atoms with van der Waals surface area (Å²) in [7, 11) is 1.62. The van der Waals surface area contributed by atoms with E-state index in [1.54, 1.807) is 17.9 Å².